The lowest BCUT2D eigenvalue weighted by atomic mass is 10.1. The minimum absolute atomic E-state index is 0.162. The molecule has 0 radical (unpaired) electrons. The lowest BCUT2D eigenvalue weighted by Crippen LogP contribution is -2.04. The van der Waals surface area contributed by atoms with E-state index in [0.717, 1.165) is 21.3 Å². The Hall–Kier alpha value is -2.25. The highest BCUT2D eigenvalue weighted by atomic mass is 32.2. The van der Waals surface area contributed by atoms with Gasteiger partial charge < -0.3 is 5.32 Å². The van der Waals surface area contributed by atoms with Gasteiger partial charge >= 0.3 is 0 Å². The van der Waals surface area contributed by atoms with Gasteiger partial charge in [-0.25, -0.2) is 13.4 Å². The molecule has 0 atom stereocenters. The van der Waals surface area contributed by atoms with Crippen LogP contribution in [0.15, 0.2) is 47.4 Å². The fraction of sp³-hybridized carbons (Fsp3) is 0.125. The monoisotopic (exact) mass is 346 g/mol. The molecule has 0 saturated carbocycles. The predicted molar refractivity (Wildman–Crippen MR) is 92.5 cm³/mol. The predicted octanol–water partition coefficient (Wildman–Crippen LogP) is 3.33. The van der Waals surface area contributed by atoms with E-state index in [4.69, 9.17) is 0 Å². The zero-order valence-electron chi connectivity index (χ0n) is 12.5. The van der Waals surface area contributed by atoms with Crippen LogP contribution in [0.4, 0.5) is 5.13 Å². The van der Waals surface area contributed by atoms with Gasteiger partial charge in [0.2, 0.25) is 5.91 Å². The van der Waals surface area contributed by atoms with Crippen LogP contribution < -0.4 is 5.32 Å². The summed E-state index contributed by atoms with van der Waals surface area (Å²) in [4.78, 5) is 15.7. The fourth-order valence-corrected chi connectivity index (χ4v) is 3.83. The van der Waals surface area contributed by atoms with Gasteiger partial charge in [0.05, 0.1) is 15.1 Å². The Kier molecular flexibility index (Phi) is 3.91. The number of fused-ring (bicyclic) bond motifs is 1. The third-order valence-electron chi connectivity index (χ3n) is 3.27. The molecule has 118 valence electrons. The molecule has 1 aromatic heterocycles. The minimum atomic E-state index is -3.24. The number of nitrogens with zero attached hydrogens (tertiary/aromatic N) is 1. The average molecular weight is 346 g/mol. The van der Waals surface area contributed by atoms with Gasteiger partial charge in [-0.2, -0.15) is 0 Å². The molecule has 0 bridgehead atoms. The summed E-state index contributed by atoms with van der Waals surface area (Å²) in [6.07, 6.45) is 1.19. The molecule has 3 aromatic rings. The van der Waals surface area contributed by atoms with E-state index in [9.17, 15) is 13.2 Å². The Morgan fingerprint density at radius 1 is 1.13 bits per heavy atom. The first-order valence-corrected chi connectivity index (χ1v) is 9.52. The van der Waals surface area contributed by atoms with Crippen LogP contribution >= 0.6 is 11.3 Å². The van der Waals surface area contributed by atoms with Crippen LogP contribution in [0.5, 0.6) is 0 Å². The van der Waals surface area contributed by atoms with Gasteiger partial charge in [0.15, 0.2) is 15.0 Å². The number of benzene rings is 2. The minimum Gasteiger partial charge on any atom is -0.302 e. The summed E-state index contributed by atoms with van der Waals surface area (Å²) >= 11 is 1.38. The molecule has 0 aliphatic heterocycles. The second-order valence-corrected chi connectivity index (χ2v) is 8.23. The average Bonchev–Trinajstić information content (AvgIpc) is 2.86. The molecule has 23 heavy (non-hydrogen) atoms. The number of aromatic nitrogens is 1. The Morgan fingerprint density at radius 3 is 2.57 bits per heavy atom. The molecule has 0 aliphatic carbocycles. The molecule has 1 amide bonds. The van der Waals surface area contributed by atoms with E-state index < -0.39 is 9.84 Å². The van der Waals surface area contributed by atoms with Crippen molar-refractivity contribution in [2.75, 3.05) is 11.6 Å². The highest BCUT2D eigenvalue weighted by Crippen LogP contribution is 2.31. The maximum atomic E-state index is 11.7. The Bertz CT molecular complexity index is 1010. The summed E-state index contributed by atoms with van der Waals surface area (Å²) < 4.78 is 24.3. The molecular formula is C16H14N2O3S2. The van der Waals surface area contributed by atoms with Crippen LogP contribution in [-0.2, 0) is 14.6 Å². The normalized spacial score (nSPS) is 11.6. The van der Waals surface area contributed by atoms with Gasteiger partial charge in [0.25, 0.3) is 0 Å². The van der Waals surface area contributed by atoms with Crippen LogP contribution in [-0.4, -0.2) is 25.6 Å². The molecule has 0 fully saturated rings. The zero-order valence-corrected chi connectivity index (χ0v) is 14.2. The molecule has 3 rings (SSSR count). The molecule has 2 aromatic carbocycles. The molecular weight excluding hydrogens is 332 g/mol. The number of anilines is 1. The summed E-state index contributed by atoms with van der Waals surface area (Å²) in [6.45, 7) is 1.44. The number of thiazole rings is 1. The second-order valence-electron chi connectivity index (χ2n) is 5.18. The van der Waals surface area contributed by atoms with Crippen molar-refractivity contribution in [3.05, 3.63) is 42.5 Å². The third-order valence-corrected chi connectivity index (χ3v) is 5.31. The Balaban J connectivity index is 2.05. The van der Waals surface area contributed by atoms with E-state index in [1.807, 2.05) is 24.3 Å². The van der Waals surface area contributed by atoms with Crippen molar-refractivity contribution >= 4 is 42.4 Å². The highest BCUT2D eigenvalue weighted by molar-refractivity contribution is 7.90. The number of sulfone groups is 1. The van der Waals surface area contributed by atoms with E-state index in [2.05, 4.69) is 10.3 Å². The van der Waals surface area contributed by atoms with Crippen molar-refractivity contribution in [1.29, 1.82) is 0 Å². The van der Waals surface area contributed by atoms with E-state index in [0.29, 0.717) is 10.0 Å². The maximum absolute atomic E-state index is 11.7. The lowest BCUT2D eigenvalue weighted by molar-refractivity contribution is -0.114. The van der Waals surface area contributed by atoms with Crippen molar-refractivity contribution in [1.82, 2.24) is 4.98 Å². The van der Waals surface area contributed by atoms with Crippen molar-refractivity contribution in [3.63, 3.8) is 0 Å². The number of hydrogen-bond acceptors (Lipinski definition) is 5. The Labute approximate surface area is 137 Å². The van der Waals surface area contributed by atoms with Crippen molar-refractivity contribution < 1.29 is 13.2 Å². The first-order chi connectivity index (χ1) is 10.8. The van der Waals surface area contributed by atoms with Gasteiger partial charge in [0, 0.05) is 13.2 Å². The Morgan fingerprint density at radius 2 is 1.87 bits per heavy atom. The summed E-state index contributed by atoms with van der Waals surface area (Å²) in [6, 6.07) is 12.5. The van der Waals surface area contributed by atoms with E-state index in [1.54, 1.807) is 18.2 Å². The molecule has 1 N–H and O–H groups in total. The summed E-state index contributed by atoms with van der Waals surface area (Å²) in [5.41, 5.74) is 2.52. The molecule has 0 unspecified atom stereocenters. The molecule has 0 saturated heterocycles. The fourth-order valence-electron chi connectivity index (χ4n) is 2.21. The topological polar surface area (TPSA) is 76.1 Å². The molecule has 5 nitrogen and oxygen atoms in total. The molecule has 7 heteroatoms. The van der Waals surface area contributed by atoms with Crippen LogP contribution in [0.1, 0.15) is 6.92 Å². The number of nitrogens with one attached hydrogen (secondary N) is 1. The third kappa shape index (κ3) is 3.40. The van der Waals surface area contributed by atoms with Gasteiger partial charge in [-0.3, -0.25) is 4.79 Å². The maximum Gasteiger partial charge on any atom is 0.223 e. The summed E-state index contributed by atoms with van der Waals surface area (Å²) in [5.74, 6) is -0.162. The van der Waals surface area contributed by atoms with Gasteiger partial charge in [0.1, 0.15) is 0 Å². The lowest BCUT2D eigenvalue weighted by Gasteiger charge is -2.04. The number of carbonyl (C=O) groups excluding carboxylic acids is 1. The zero-order chi connectivity index (χ0) is 16.6. The SMILES string of the molecule is CC(=O)Nc1nc2ccc(-c3cccc(S(C)(=O)=O)c3)cc2s1. The van der Waals surface area contributed by atoms with Crippen LogP contribution in [0, 0.1) is 0 Å². The van der Waals surface area contributed by atoms with Gasteiger partial charge in [-0.15, -0.1) is 0 Å². The quantitative estimate of drug-likeness (QED) is 0.789. The summed E-state index contributed by atoms with van der Waals surface area (Å²) in [5, 5.41) is 3.22. The van der Waals surface area contributed by atoms with E-state index >= 15 is 0 Å². The molecule has 0 aliphatic rings. The first-order valence-electron chi connectivity index (χ1n) is 6.81. The van der Waals surface area contributed by atoms with E-state index in [-0.39, 0.29) is 5.91 Å². The van der Waals surface area contributed by atoms with Crippen molar-refractivity contribution in [2.45, 2.75) is 11.8 Å². The summed E-state index contributed by atoms with van der Waals surface area (Å²) in [7, 11) is -3.24. The number of rotatable bonds is 3. The van der Waals surface area contributed by atoms with Crippen LogP contribution in [0.2, 0.25) is 0 Å². The highest BCUT2D eigenvalue weighted by Gasteiger charge is 2.10. The first kappa shape index (κ1) is 15.6. The van der Waals surface area contributed by atoms with Crippen LogP contribution in [0.3, 0.4) is 0 Å². The second kappa shape index (κ2) is 5.75. The largest absolute Gasteiger partial charge is 0.302 e. The van der Waals surface area contributed by atoms with Crippen molar-refractivity contribution in [3.8, 4) is 11.1 Å². The molecule has 1 heterocycles. The smallest absolute Gasteiger partial charge is 0.223 e. The molecule has 0 spiro atoms. The van der Waals surface area contributed by atoms with Gasteiger partial charge in [-0.1, -0.05) is 29.5 Å². The number of amides is 1. The van der Waals surface area contributed by atoms with Crippen molar-refractivity contribution in [2.24, 2.45) is 0 Å². The number of carbonyl (C=O) groups is 1. The standard InChI is InChI=1S/C16H14N2O3S2/c1-10(19)17-16-18-14-7-6-12(9-15(14)22-16)11-4-3-5-13(8-11)23(2,20)21/h3-9H,1-2H3,(H,17,18,19). The van der Waals surface area contributed by atoms with Crippen LogP contribution in [0.25, 0.3) is 21.3 Å². The number of hydrogen-bond donors (Lipinski definition) is 1. The van der Waals surface area contributed by atoms with E-state index in [1.165, 1.54) is 24.5 Å². The van der Waals surface area contributed by atoms with Gasteiger partial charge in [-0.05, 0) is 35.4 Å².